The Hall–Kier alpha value is -0.850. The van der Waals surface area contributed by atoms with E-state index in [1.807, 2.05) is 0 Å². The van der Waals surface area contributed by atoms with Gasteiger partial charge in [-0.2, -0.15) is 0 Å². The molecule has 13 heavy (non-hydrogen) atoms. The van der Waals surface area contributed by atoms with Gasteiger partial charge in [0.2, 0.25) is 0 Å². The first-order valence-corrected chi connectivity index (χ1v) is 3.91. The summed E-state index contributed by atoms with van der Waals surface area (Å²) in [5.41, 5.74) is 4.03. The number of aliphatic hydroxyl groups excluding tert-OH is 2. The Bertz CT molecular complexity index is 116. The smallest absolute Gasteiger partial charge is 0.402 e. The predicted octanol–water partition coefficient (Wildman–Crippen LogP) is -1.04. The summed E-state index contributed by atoms with van der Waals surface area (Å²) in [5.74, 6) is 0. The third kappa shape index (κ3) is 35.2. The fraction of sp³-hybridized carbons (Fsp3) is 0.857. The number of amides is 1. The van der Waals surface area contributed by atoms with Crippen molar-refractivity contribution in [1.82, 2.24) is 5.32 Å². The van der Waals surface area contributed by atoms with Gasteiger partial charge in [0.05, 0.1) is 12.2 Å². The third-order valence-corrected chi connectivity index (χ3v) is 0.879. The number of aliphatic hydroxyl groups is 2. The predicted molar refractivity (Wildman–Crippen MR) is 48.4 cm³/mol. The average Bonchev–Trinajstić information content (AvgIpc) is 1.83. The van der Waals surface area contributed by atoms with Gasteiger partial charge in [-0.25, -0.2) is 4.79 Å². The van der Waals surface area contributed by atoms with Crippen molar-refractivity contribution in [3.8, 4) is 0 Å². The molecule has 80 valence electrons. The lowest BCUT2D eigenvalue weighted by Crippen LogP contribution is -2.30. The molecule has 0 radical (unpaired) electrons. The largest absolute Gasteiger partial charge is 0.465 e. The highest BCUT2D eigenvalue weighted by Crippen LogP contribution is 1.77. The summed E-state index contributed by atoms with van der Waals surface area (Å²) in [7, 11) is 0. The molecule has 6 N–H and O–H groups in total. The zero-order chi connectivity index (χ0) is 10.9. The summed E-state index contributed by atoms with van der Waals surface area (Å²) in [6.45, 7) is 4.50. The van der Waals surface area contributed by atoms with Crippen LogP contribution in [0.25, 0.3) is 0 Å². The van der Waals surface area contributed by atoms with Crippen molar-refractivity contribution in [1.29, 1.82) is 0 Å². The maximum Gasteiger partial charge on any atom is 0.402 e. The molecule has 0 heterocycles. The minimum atomic E-state index is -1.33. The van der Waals surface area contributed by atoms with E-state index in [9.17, 15) is 0 Å². The molecule has 0 bridgehead atoms. The number of carbonyl (C=O) groups is 1. The first kappa shape index (κ1) is 14.7. The van der Waals surface area contributed by atoms with Gasteiger partial charge in [0.1, 0.15) is 0 Å². The minimum absolute atomic E-state index is 0.330. The molecule has 6 heteroatoms. The topological polar surface area (TPSA) is 116 Å². The standard InChI is InChI=1S/C6H15NO2.CH3NO2/c1-5(8)3-7-4-6(2)9;2-1(3)4/h5-9H,3-4H2,1-2H3;2H2,(H,3,4). The molecule has 0 aliphatic heterocycles. The molecule has 0 rings (SSSR count). The molecule has 0 aliphatic carbocycles. The maximum atomic E-state index is 8.78. The van der Waals surface area contributed by atoms with Gasteiger partial charge in [-0.15, -0.1) is 0 Å². The van der Waals surface area contributed by atoms with E-state index in [-0.39, 0.29) is 12.2 Å². The van der Waals surface area contributed by atoms with Crippen LogP contribution in [0.2, 0.25) is 0 Å². The Morgan fingerprint density at radius 1 is 1.31 bits per heavy atom. The molecule has 2 unspecified atom stereocenters. The maximum absolute atomic E-state index is 8.78. The minimum Gasteiger partial charge on any atom is -0.465 e. The summed E-state index contributed by atoms with van der Waals surface area (Å²) >= 11 is 0. The van der Waals surface area contributed by atoms with Gasteiger partial charge < -0.3 is 26.4 Å². The first-order valence-electron chi connectivity index (χ1n) is 3.91. The van der Waals surface area contributed by atoms with Crippen molar-refractivity contribution in [2.45, 2.75) is 26.1 Å². The molecule has 0 saturated heterocycles. The Labute approximate surface area is 77.4 Å². The summed E-state index contributed by atoms with van der Waals surface area (Å²) < 4.78 is 0. The Kier molecular flexibility index (Phi) is 10.4. The van der Waals surface area contributed by atoms with E-state index in [4.69, 9.17) is 20.1 Å². The van der Waals surface area contributed by atoms with E-state index in [2.05, 4.69) is 11.1 Å². The SMILES string of the molecule is CC(O)CNCC(C)O.NC(=O)O. The van der Waals surface area contributed by atoms with Crippen LogP contribution in [-0.2, 0) is 0 Å². The number of hydrogen-bond donors (Lipinski definition) is 5. The van der Waals surface area contributed by atoms with E-state index in [1.165, 1.54) is 0 Å². The van der Waals surface area contributed by atoms with Crippen LogP contribution >= 0.6 is 0 Å². The molecular weight excluding hydrogens is 176 g/mol. The van der Waals surface area contributed by atoms with Crippen molar-refractivity contribution in [3.05, 3.63) is 0 Å². The monoisotopic (exact) mass is 194 g/mol. The van der Waals surface area contributed by atoms with Crippen molar-refractivity contribution in [2.75, 3.05) is 13.1 Å². The molecule has 0 aromatic heterocycles. The van der Waals surface area contributed by atoms with E-state index in [0.717, 1.165) is 0 Å². The lowest BCUT2D eigenvalue weighted by molar-refractivity contribution is 0.164. The van der Waals surface area contributed by atoms with Gasteiger partial charge in [0, 0.05) is 13.1 Å². The molecule has 0 fully saturated rings. The molecular formula is C7H18N2O4. The molecule has 0 aromatic carbocycles. The zero-order valence-corrected chi connectivity index (χ0v) is 7.90. The normalized spacial score (nSPS) is 13.8. The second-order valence-electron chi connectivity index (χ2n) is 2.69. The van der Waals surface area contributed by atoms with Crippen molar-refractivity contribution in [3.63, 3.8) is 0 Å². The van der Waals surface area contributed by atoms with Crippen LogP contribution in [0.15, 0.2) is 0 Å². The molecule has 0 spiro atoms. The second kappa shape index (κ2) is 9.24. The van der Waals surface area contributed by atoms with Crippen LogP contribution in [0.1, 0.15) is 13.8 Å². The van der Waals surface area contributed by atoms with Crippen LogP contribution in [0, 0.1) is 0 Å². The zero-order valence-electron chi connectivity index (χ0n) is 7.90. The first-order chi connectivity index (χ1) is 5.86. The number of carboxylic acid groups (broad SMARTS) is 1. The van der Waals surface area contributed by atoms with Crippen molar-refractivity contribution < 1.29 is 20.1 Å². The Morgan fingerprint density at radius 2 is 1.54 bits per heavy atom. The van der Waals surface area contributed by atoms with Gasteiger partial charge in [-0.1, -0.05) is 0 Å². The molecule has 6 nitrogen and oxygen atoms in total. The van der Waals surface area contributed by atoms with Crippen LogP contribution in [0.4, 0.5) is 4.79 Å². The molecule has 1 amide bonds. The number of hydrogen-bond acceptors (Lipinski definition) is 4. The van der Waals surface area contributed by atoms with Crippen LogP contribution in [0.5, 0.6) is 0 Å². The van der Waals surface area contributed by atoms with E-state index in [0.29, 0.717) is 13.1 Å². The number of primary amides is 1. The molecule has 0 aliphatic rings. The van der Waals surface area contributed by atoms with E-state index < -0.39 is 6.09 Å². The number of nitrogens with one attached hydrogen (secondary N) is 1. The van der Waals surface area contributed by atoms with Crippen molar-refractivity contribution in [2.24, 2.45) is 5.73 Å². The van der Waals surface area contributed by atoms with Crippen LogP contribution in [0.3, 0.4) is 0 Å². The van der Waals surface area contributed by atoms with E-state index >= 15 is 0 Å². The second-order valence-corrected chi connectivity index (χ2v) is 2.69. The highest BCUT2D eigenvalue weighted by Gasteiger charge is 1.96. The highest BCUT2D eigenvalue weighted by atomic mass is 16.4. The van der Waals surface area contributed by atoms with Crippen LogP contribution < -0.4 is 11.1 Å². The summed E-state index contributed by atoms with van der Waals surface area (Å²) in [6, 6.07) is 0. The van der Waals surface area contributed by atoms with Gasteiger partial charge >= 0.3 is 6.09 Å². The number of rotatable bonds is 4. The summed E-state index contributed by atoms with van der Waals surface area (Å²) in [5, 5.41) is 27.5. The lowest BCUT2D eigenvalue weighted by atomic mass is 10.3. The quantitative estimate of drug-likeness (QED) is 0.392. The molecule has 0 saturated carbocycles. The fourth-order valence-electron chi connectivity index (χ4n) is 0.501. The number of nitrogens with two attached hydrogens (primary N) is 1. The third-order valence-electron chi connectivity index (χ3n) is 0.879. The molecule has 2 atom stereocenters. The Balaban J connectivity index is 0. The van der Waals surface area contributed by atoms with Gasteiger partial charge in [0.25, 0.3) is 0 Å². The lowest BCUT2D eigenvalue weighted by Gasteiger charge is -2.07. The Morgan fingerprint density at radius 3 is 1.69 bits per heavy atom. The van der Waals surface area contributed by atoms with Gasteiger partial charge in [0.15, 0.2) is 0 Å². The van der Waals surface area contributed by atoms with Gasteiger partial charge in [-0.05, 0) is 13.8 Å². The summed E-state index contributed by atoms with van der Waals surface area (Å²) in [6.07, 6.45) is -1.99. The van der Waals surface area contributed by atoms with E-state index in [1.54, 1.807) is 13.8 Å². The van der Waals surface area contributed by atoms with Gasteiger partial charge in [-0.3, -0.25) is 0 Å². The fourth-order valence-corrected chi connectivity index (χ4v) is 0.501. The summed E-state index contributed by atoms with van der Waals surface area (Å²) in [4.78, 5) is 8.78. The highest BCUT2D eigenvalue weighted by molar-refractivity contribution is 5.61. The van der Waals surface area contributed by atoms with Crippen LogP contribution in [-0.4, -0.2) is 46.7 Å². The molecule has 0 aromatic rings. The van der Waals surface area contributed by atoms with Crippen molar-refractivity contribution >= 4 is 6.09 Å². The average molecular weight is 194 g/mol.